The quantitative estimate of drug-likeness (QED) is 0.864. The van der Waals surface area contributed by atoms with Crippen LogP contribution in [0.5, 0.6) is 0 Å². The fourth-order valence-corrected chi connectivity index (χ4v) is 3.05. The van der Waals surface area contributed by atoms with E-state index in [2.05, 4.69) is 37.0 Å². The molecule has 2 rings (SSSR count). The second-order valence-corrected chi connectivity index (χ2v) is 5.92. The third kappa shape index (κ3) is 3.84. The van der Waals surface area contributed by atoms with Crippen molar-refractivity contribution < 1.29 is 9.90 Å². The molecule has 20 heavy (non-hydrogen) atoms. The number of hydrogen-bond donors (Lipinski definition) is 1. The summed E-state index contributed by atoms with van der Waals surface area (Å²) in [5.74, 6) is -0.123. The number of aromatic carboxylic acids is 1. The number of aryl methyl sites for hydroxylation is 3. The van der Waals surface area contributed by atoms with Crippen LogP contribution in [0.4, 0.5) is 0 Å². The molecular weight excluding hydrogens is 270 g/mol. The van der Waals surface area contributed by atoms with Crippen molar-refractivity contribution in [2.75, 3.05) is 0 Å². The molecule has 0 atom stereocenters. The van der Waals surface area contributed by atoms with E-state index in [0.29, 0.717) is 5.56 Å². The van der Waals surface area contributed by atoms with Crippen LogP contribution >= 0.6 is 11.8 Å². The summed E-state index contributed by atoms with van der Waals surface area (Å²) in [6.07, 6.45) is 0. The van der Waals surface area contributed by atoms with Crippen LogP contribution in [-0.4, -0.2) is 16.1 Å². The van der Waals surface area contributed by atoms with Crippen molar-refractivity contribution in [1.29, 1.82) is 0 Å². The molecule has 0 bridgehead atoms. The summed E-state index contributed by atoms with van der Waals surface area (Å²) < 4.78 is 0. The van der Waals surface area contributed by atoms with E-state index in [-0.39, 0.29) is 0 Å². The van der Waals surface area contributed by atoms with Crippen LogP contribution in [0.1, 0.15) is 32.7 Å². The molecule has 1 heterocycles. The fraction of sp³-hybridized carbons (Fsp3) is 0.250. The summed E-state index contributed by atoms with van der Waals surface area (Å²) in [7, 11) is 0. The van der Waals surface area contributed by atoms with Gasteiger partial charge in [-0.1, -0.05) is 29.3 Å². The van der Waals surface area contributed by atoms with E-state index < -0.39 is 5.97 Å². The zero-order valence-electron chi connectivity index (χ0n) is 11.8. The third-order valence-electron chi connectivity index (χ3n) is 2.85. The monoisotopic (exact) mass is 287 g/mol. The summed E-state index contributed by atoms with van der Waals surface area (Å²) in [5, 5.41) is 9.81. The number of hydrogen-bond acceptors (Lipinski definition) is 3. The van der Waals surface area contributed by atoms with Crippen molar-refractivity contribution in [3.63, 3.8) is 0 Å². The summed E-state index contributed by atoms with van der Waals surface area (Å²) in [6, 6.07) is 9.65. The maximum absolute atomic E-state index is 11.0. The van der Waals surface area contributed by atoms with Crippen molar-refractivity contribution >= 4 is 17.7 Å². The number of nitrogens with zero attached hydrogens (tertiary/aromatic N) is 1. The van der Waals surface area contributed by atoms with E-state index >= 15 is 0 Å². The van der Waals surface area contributed by atoms with Gasteiger partial charge in [0.1, 0.15) is 0 Å². The molecule has 104 valence electrons. The molecule has 0 aliphatic rings. The molecule has 1 aromatic carbocycles. The van der Waals surface area contributed by atoms with E-state index in [1.165, 1.54) is 16.7 Å². The lowest BCUT2D eigenvalue weighted by atomic mass is 10.1. The van der Waals surface area contributed by atoms with Crippen molar-refractivity contribution in [3.8, 4) is 0 Å². The molecule has 0 fully saturated rings. The van der Waals surface area contributed by atoms with Gasteiger partial charge >= 0.3 is 5.97 Å². The average Bonchev–Trinajstić information content (AvgIpc) is 2.34. The van der Waals surface area contributed by atoms with Crippen LogP contribution in [0.15, 0.2) is 35.4 Å². The van der Waals surface area contributed by atoms with Gasteiger partial charge in [-0.2, -0.15) is 0 Å². The zero-order chi connectivity index (χ0) is 14.7. The average molecular weight is 287 g/mol. The lowest BCUT2D eigenvalue weighted by Gasteiger charge is -2.06. The highest BCUT2D eigenvalue weighted by molar-refractivity contribution is 7.98. The molecule has 0 aliphatic carbocycles. The topological polar surface area (TPSA) is 50.2 Å². The minimum absolute atomic E-state index is 0.292. The molecule has 0 unspecified atom stereocenters. The molecule has 0 saturated carbocycles. The van der Waals surface area contributed by atoms with Crippen LogP contribution in [-0.2, 0) is 5.75 Å². The van der Waals surface area contributed by atoms with Crippen molar-refractivity contribution in [3.05, 3.63) is 58.3 Å². The van der Waals surface area contributed by atoms with Gasteiger partial charge in [-0.3, -0.25) is 0 Å². The Bertz CT molecular complexity index is 633. The highest BCUT2D eigenvalue weighted by atomic mass is 32.2. The van der Waals surface area contributed by atoms with E-state index in [1.807, 2.05) is 6.92 Å². The van der Waals surface area contributed by atoms with E-state index in [4.69, 9.17) is 5.11 Å². The Hall–Kier alpha value is -1.81. The normalized spacial score (nSPS) is 10.6. The van der Waals surface area contributed by atoms with Gasteiger partial charge < -0.3 is 5.11 Å². The van der Waals surface area contributed by atoms with Crippen LogP contribution < -0.4 is 0 Å². The predicted molar refractivity (Wildman–Crippen MR) is 81.4 cm³/mol. The number of aromatic nitrogens is 1. The number of rotatable bonds is 4. The minimum atomic E-state index is -0.913. The summed E-state index contributed by atoms with van der Waals surface area (Å²) in [6.45, 7) is 5.97. The Morgan fingerprint density at radius 1 is 1.10 bits per heavy atom. The third-order valence-corrected chi connectivity index (χ3v) is 3.83. The SMILES string of the molecule is Cc1cc(C)cc(CSc2cc(C(=O)O)cc(C)n2)c1. The Kier molecular flexibility index (Phi) is 4.45. The number of carboxylic acids is 1. The molecule has 0 amide bonds. The van der Waals surface area contributed by atoms with Crippen LogP contribution in [0.3, 0.4) is 0 Å². The van der Waals surface area contributed by atoms with E-state index in [9.17, 15) is 4.79 Å². The number of benzene rings is 1. The molecule has 0 spiro atoms. The maximum atomic E-state index is 11.0. The van der Waals surface area contributed by atoms with Gasteiger partial charge in [0.05, 0.1) is 10.6 Å². The first-order valence-corrected chi connectivity index (χ1v) is 7.34. The number of thioether (sulfide) groups is 1. The summed E-state index contributed by atoms with van der Waals surface area (Å²) in [4.78, 5) is 15.4. The fourth-order valence-electron chi connectivity index (χ4n) is 2.15. The second-order valence-electron chi connectivity index (χ2n) is 4.93. The first-order valence-electron chi connectivity index (χ1n) is 6.36. The minimum Gasteiger partial charge on any atom is -0.478 e. The highest BCUT2D eigenvalue weighted by Crippen LogP contribution is 2.23. The Balaban J connectivity index is 2.16. The van der Waals surface area contributed by atoms with Crippen molar-refractivity contribution in [2.45, 2.75) is 31.6 Å². The lowest BCUT2D eigenvalue weighted by Crippen LogP contribution is -1.99. The number of carbonyl (C=O) groups is 1. The molecule has 3 nitrogen and oxygen atoms in total. The molecule has 0 aliphatic heterocycles. The molecule has 4 heteroatoms. The first-order chi connectivity index (χ1) is 9.44. The largest absolute Gasteiger partial charge is 0.478 e. The Morgan fingerprint density at radius 2 is 1.75 bits per heavy atom. The number of carboxylic acid groups (broad SMARTS) is 1. The molecule has 1 N–H and O–H groups in total. The van der Waals surface area contributed by atoms with Gasteiger partial charge in [0, 0.05) is 11.4 Å². The lowest BCUT2D eigenvalue weighted by molar-refractivity contribution is 0.0696. The Labute approximate surface area is 123 Å². The zero-order valence-corrected chi connectivity index (χ0v) is 12.6. The highest BCUT2D eigenvalue weighted by Gasteiger charge is 2.07. The van der Waals surface area contributed by atoms with Crippen LogP contribution in [0.25, 0.3) is 0 Å². The van der Waals surface area contributed by atoms with Crippen molar-refractivity contribution in [1.82, 2.24) is 4.98 Å². The second kappa shape index (κ2) is 6.09. The van der Waals surface area contributed by atoms with Crippen LogP contribution in [0.2, 0.25) is 0 Å². The van der Waals surface area contributed by atoms with Gasteiger partial charge in [0.2, 0.25) is 0 Å². The van der Waals surface area contributed by atoms with Gasteiger partial charge in [0.25, 0.3) is 0 Å². The van der Waals surface area contributed by atoms with Gasteiger partial charge in [-0.05, 0) is 38.5 Å². The molecule has 0 radical (unpaired) electrons. The Morgan fingerprint density at radius 3 is 2.35 bits per heavy atom. The van der Waals surface area contributed by atoms with Gasteiger partial charge in [0.15, 0.2) is 0 Å². The first kappa shape index (κ1) is 14.6. The molecule has 1 aromatic heterocycles. The molecule has 0 saturated heterocycles. The standard InChI is InChI=1S/C16H17NO2S/c1-10-4-11(2)6-13(5-10)9-20-15-8-14(16(18)19)7-12(3)17-15/h4-8H,9H2,1-3H3,(H,18,19). The summed E-state index contributed by atoms with van der Waals surface area (Å²) in [5.41, 5.74) is 4.73. The smallest absolute Gasteiger partial charge is 0.335 e. The van der Waals surface area contributed by atoms with E-state index in [1.54, 1.807) is 23.9 Å². The molecule has 2 aromatic rings. The van der Waals surface area contributed by atoms with E-state index in [0.717, 1.165) is 16.5 Å². The maximum Gasteiger partial charge on any atom is 0.335 e. The van der Waals surface area contributed by atoms with Gasteiger partial charge in [-0.15, -0.1) is 11.8 Å². The molecular formula is C16H17NO2S. The van der Waals surface area contributed by atoms with Crippen LogP contribution in [0, 0.1) is 20.8 Å². The van der Waals surface area contributed by atoms with Gasteiger partial charge in [-0.25, -0.2) is 9.78 Å². The number of pyridine rings is 1. The predicted octanol–water partition coefficient (Wildman–Crippen LogP) is 4.00. The summed E-state index contributed by atoms with van der Waals surface area (Å²) >= 11 is 1.56. The van der Waals surface area contributed by atoms with Crippen molar-refractivity contribution in [2.24, 2.45) is 0 Å².